The number of hydrogen-bond donors (Lipinski definition) is 0. The van der Waals surface area contributed by atoms with Gasteiger partial charge >= 0.3 is 0 Å². The standard InChI is InChI=1S/C49H32N2O/c1-3-13-34(14-4-1)40-21-11-18-39-29-43(40)45-30-44(41-19-9-10-20-42(41)48(45)52-39)47-31-46(50-49(51-47)36-15-5-2-6-16-36)35-25-22-33(23-26-35)38-27-24-32-12-7-8-17-37(32)28-38/h1-31,43H. The third kappa shape index (κ3) is 5.31. The molecular formula is C49H32N2O. The first-order chi connectivity index (χ1) is 25.7. The first kappa shape index (κ1) is 30.0. The van der Waals surface area contributed by atoms with E-state index < -0.39 is 0 Å². The van der Waals surface area contributed by atoms with E-state index in [-0.39, 0.29) is 5.92 Å². The topological polar surface area (TPSA) is 35.0 Å². The normalized spacial score (nSPS) is 14.7. The highest BCUT2D eigenvalue weighted by atomic mass is 16.5. The van der Waals surface area contributed by atoms with Crippen molar-refractivity contribution < 1.29 is 4.74 Å². The molecular weight excluding hydrogens is 633 g/mol. The Balaban J connectivity index is 1.14. The molecule has 3 heteroatoms. The minimum absolute atomic E-state index is 0.0112. The van der Waals surface area contributed by atoms with Gasteiger partial charge in [-0.05, 0) is 68.8 Å². The van der Waals surface area contributed by atoms with Gasteiger partial charge in [-0.15, -0.1) is 0 Å². The Morgan fingerprint density at radius 1 is 0.481 bits per heavy atom. The number of hydrogen-bond acceptors (Lipinski definition) is 3. The Morgan fingerprint density at radius 2 is 1.13 bits per heavy atom. The molecule has 0 radical (unpaired) electrons. The van der Waals surface area contributed by atoms with E-state index in [0.717, 1.165) is 55.9 Å². The molecule has 1 unspecified atom stereocenters. The summed E-state index contributed by atoms with van der Waals surface area (Å²) < 4.78 is 6.64. The molecule has 1 aliphatic heterocycles. The van der Waals surface area contributed by atoms with Crippen molar-refractivity contribution in [1.29, 1.82) is 0 Å². The molecule has 0 N–H and O–H groups in total. The van der Waals surface area contributed by atoms with E-state index in [9.17, 15) is 0 Å². The summed E-state index contributed by atoms with van der Waals surface area (Å²) >= 11 is 0. The second-order valence-electron chi connectivity index (χ2n) is 13.4. The molecule has 1 aromatic heterocycles. The highest BCUT2D eigenvalue weighted by molar-refractivity contribution is 6.02. The minimum Gasteiger partial charge on any atom is -0.457 e. The average molecular weight is 665 g/mol. The van der Waals surface area contributed by atoms with Crippen LogP contribution in [0.5, 0.6) is 5.75 Å². The molecule has 0 fully saturated rings. The van der Waals surface area contributed by atoms with Crippen LogP contribution in [0.2, 0.25) is 0 Å². The number of aromatic nitrogens is 2. The molecule has 7 aromatic carbocycles. The lowest BCUT2D eigenvalue weighted by Crippen LogP contribution is -2.10. The van der Waals surface area contributed by atoms with Gasteiger partial charge in [0.1, 0.15) is 11.5 Å². The van der Waals surface area contributed by atoms with Crippen molar-refractivity contribution in [1.82, 2.24) is 9.97 Å². The van der Waals surface area contributed by atoms with Crippen LogP contribution in [0.15, 0.2) is 194 Å². The SMILES string of the molecule is C1=CC2=CC(C(c3ccccc3)=C1)c1cc(-c3cc(-c4ccc(-c5ccc6ccccc6c5)cc4)nc(-c4ccccc4)n3)c3ccccc3c1O2. The van der Waals surface area contributed by atoms with Crippen molar-refractivity contribution in [3.05, 3.63) is 205 Å². The van der Waals surface area contributed by atoms with E-state index in [1.54, 1.807) is 0 Å². The zero-order chi connectivity index (χ0) is 34.4. The van der Waals surface area contributed by atoms with E-state index in [0.29, 0.717) is 5.82 Å². The number of allylic oxidation sites excluding steroid dienone is 5. The van der Waals surface area contributed by atoms with Crippen LogP contribution in [-0.2, 0) is 0 Å². The molecule has 0 saturated carbocycles. The van der Waals surface area contributed by atoms with Gasteiger partial charge in [-0.2, -0.15) is 0 Å². The van der Waals surface area contributed by atoms with Crippen molar-refractivity contribution in [3.8, 4) is 50.8 Å². The van der Waals surface area contributed by atoms with Crippen LogP contribution in [0.25, 0.3) is 72.1 Å². The van der Waals surface area contributed by atoms with Crippen molar-refractivity contribution in [2.45, 2.75) is 5.92 Å². The van der Waals surface area contributed by atoms with Crippen LogP contribution in [0.3, 0.4) is 0 Å². The summed E-state index contributed by atoms with van der Waals surface area (Å²) in [6.45, 7) is 0. The summed E-state index contributed by atoms with van der Waals surface area (Å²) in [6.07, 6.45) is 8.61. The lowest BCUT2D eigenvalue weighted by Gasteiger charge is -2.27. The van der Waals surface area contributed by atoms with E-state index in [1.807, 2.05) is 18.2 Å². The summed E-state index contributed by atoms with van der Waals surface area (Å²) in [4.78, 5) is 10.4. The Bertz CT molecular complexity index is 2740. The fourth-order valence-electron chi connectivity index (χ4n) is 7.59. The van der Waals surface area contributed by atoms with Crippen molar-refractivity contribution in [3.63, 3.8) is 0 Å². The second-order valence-corrected chi connectivity index (χ2v) is 13.4. The molecule has 8 aromatic rings. The molecule has 10 rings (SSSR count). The van der Waals surface area contributed by atoms with E-state index in [4.69, 9.17) is 14.7 Å². The van der Waals surface area contributed by atoms with Crippen LogP contribution in [0, 0.1) is 0 Å². The number of nitrogens with zero attached hydrogens (tertiary/aromatic N) is 2. The van der Waals surface area contributed by atoms with Crippen LogP contribution >= 0.6 is 0 Å². The van der Waals surface area contributed by atoms with E-state index in [1.165, 1.54) is 33.0 Å². The molecule has 52 heavy (non-hydrogen) atoms. The predicted molar refractivity (Wildman–Crippen MR) is 214 cm³/mol. The number of fused-ring (bicyclic) bond motifs is 6. The largest absolute Gasteiger partial charge is 0.457 e. The smallest absolute Gasteiger partial charge is 0.160 e. The lowest BCUT2D eigenvalue weighted by molar-refractivity contribution is 0.431. The fraction of sp³-hybridized carbons (Fsp3) is 0.0204. The van der Waals surface area contributed by atoms with Crippen LogP contribution < -0.4 is 4.74 Å². The second kappa shape index (κ2) is 12.5. The number of ether oxygens (including phenoxy) is 1. The maximum absolute atomic E-state index is 6.64. The number of rotatable bonds is 5. The average Bonchev–Trinajstić information content (AvgIpc) is 3.40. The predicted octanol–water partition coefficient (Wildman–Crippen LogP) is 12.5. The van der Waals surface area contributed by atoms with Gasteiger partial charge in [-0.1, -0.05) is 158 Å². The van der Waals surface area contributed by atoms with Crippen LogP contribution in [-0.4, -0.2) is 9.97 Å². The van der Waals surface area contributed by atoms with E-state index in [2.05, 4.69) is 170 Å². The third-order valence-corrected chi connectivity index (χ3v) is 10.2. The molecule has 0 spiro atoms. The molecule has 2 bridgehead atoms. The first-order valence-electron chi connectivity index (χ1n) is 17.7. The van der Waals surface area contributed by atoms with Gasteiger partial charge in [0.2, 0.25) is 0 Å². The zero-order valence-corrected chi connectivity index (χ0v) is 28.3. The summed E-state index contributed by atoms with van der Waals surface area (Å²) in [5, 5.41) is 4.63. The summed E-state index contributed by atoms with van der Waals surface area (Å²) in [6, 6.07) is 57.7. The van der Waals surface area contributed by atoms with Crippen LogP contribution in [0.4, 0.5) is 0 Å². The first-order valence-corrected chi connectivity index (χ1v) is 17.7. The van der Waals surface area contributed by atoms with Gasteiger partial charge < -0.3 is 4.74 Å². The molecule has 0 amide bonds. The molecule has 0 saturated heterocycles. The monoisotopic (exact) mass is 664 g/mol. The summed E-state index contributed by atoms with van der Waals surface area (Å²) in [5.41, 5.74) is 10.7. The zero-order valence-electron chi connectivity index (χ0n) is 28.3. The van der Waals surface area contributed by atoms with Gasteiger partial charge in [-0.25, -0.2) is 9.97 Å². The highest BCUT2D eigenvalue weighted by Crippen LogP contribution is 2.49. The molecule has 1 atom stereocenters. The van der Waals surface area contributed by atoms with Gasteiger partial charge in [0, 0.05) is 33.6 Å². The molecule has 2 aliphatic rings. The molecule has 1 aliphatic carbocycles. The molecule has 244 valence electrons. The minimum atomic E-state index is 0.0112. The van der Waals surface area contributed by atoms with Gasteiger partial charge in [0.25, 0.3) is 0 Å². The number of benzene rings is 7. The van der Waals surface area contributed by atoms with Gasteiger partial charge in [0.05, 0.1) is 11.4 Å². The van der Waals surface area contributed by atoms with Gasteiger partial charge in [0.15, 0.2) is 5.82 Å². The van der Waals surface area contributed by atoms with Crippen LogP contribution in [0.1, 0.15) is 17.0 Å². The maximum atomic E-state index is 6.64. The quantitative estimate of drug-likeness (QED) is 0.184. The van der Waals surface area contributed by atoms with Crippen molar-refractivity contribution in [2.75, 3.05) is 0 Å². The molecule has 2 heterocycles. The highest BCUT2D eigenvalue weighted by Gasteiger charge is 2.29. The summed E-state index contributed by atoms with van der Waals surface area (Å²) in [5.74, 6) is 2.46. The molecule has 3 nitrogen and oxygen atoms in total. The Labute approximate surface area is 302 Å². The summed E-state index contributed by atoms with van der Waals surface area (Å²) in [7, 11) is 0. The van der Waals surface area contributed by atoms with Crippen molar-refractivity contribution >= 4 is 27.1 Å². The van der Waals surface area contributed by atoms with Gasteiger partial charge in [-0.3, -0.25) is 0 Å². The third-order valence-electron chi connectivity index (χ3n) is 10.2. The fourth-order valence-corrected chi connectivity index (χ4v) is 7.59. The maximum Gasteiger partial charge on any atom is 0.160 e. The Hall–Kier alpha value is -6.84. The lowest BCUT2D eigenvalue weighted by atomic mass is 9.82. The Kier molecular flexibility index (Phi) is 7.21. The van der Waals surface area contributed by atoms with E-state index >= 15 is 0 Å². The Morgan fingerprint density at radius 3 is 1.94 bits per heavy atom. The van der Waals surface area contributed by atoms with Crippen molar-refractivity contribution in [2.24, 2.45) is 0 Å².